The second-order valence-corrected chi connectivity index (χ2v) is 9.71. The molecule has 11 heteroatoms. The number of hydrogen-bond donors (Lipinski definition) is 4. The summed E-state index contributed by atoms with van der Waals surface area (Å²) >= 11 is 1.40. The summed E-state index contributed by atoms with van der Waals surface area (Å²) in [7, 11) is 0. The van der Waals surface area contributed by atoms with Gasteiger partial charge in [-0.1, -0.05) is 48.5 Å². The first-order chi connectivity index (χ1) is 18.7. The summed E-state index contributed by atoms with van der Waals surface area (Å²) in [5.41, 5.74) is 8.70. The van der Waals surface area contributed by atoms with Crippen LogP contribution in [0.2, 0.25) is 0 Å². The van der Waals surface area contributed by atoms with Gasteiger partial charge in [0, 0.05) is 35.4 Å². The zero-order valence-corrected chi connectivity index (χ0v) is 21.9. The quantitative estimate of drug-likeness (QED) is 0.236. The van der Waals surface area contributed by atoms with Gasteiger partial charge < -0.3 is 21.3 Å². The minimum atomic E-state index is -1.23. The van der Waals surface area contributed by atoms with E-state index in [-0.39, 0.29) is 18.6 Å². The number of carboxylic acids is 2. The fraction of sp³-hybridized carbons (Fsp3) is 0.250. The van der Waals surface area contributed by atoms with Gasteiger partial charge in [-0.2, -0.15) is 11.8 Å². The molecule has 0 aliphatic carbocycles. The molecule has 0 fully saturated rings. The highest BCUT2D eigenvalue weighted by Gasteiger charge is 2.29. The highest BCUT2D eigenvalue weighted by atomic mass is 32.2. The number of carbonyl (C=O) groups is 4. The van der Waals surface area contributed by atoms with Crippen LogP contribution in [0.15, 0.2) is 79.0 Å². The number of pyridine rings is 1. The average molecular weight is 551 g/mol. The number of carbonyl (C=O) groups excluding carboxylic acids is 2. The lowest BCUT2D eigenvalue weighted by Crippen LogP contribution is -2.51. The molecule has 5 N–H and O–H groups in total. The summed E-state index contributed by atoms with van der Waals surface area (Å²) in [5, 5.41) is 21.0. The van der Waals surface area contributed by atoms with E-state index >= 15 is 0 Å². The van der Waals surface area contributed by atoms with E-state index in [4.69, 9.17) is 10.8 Å². The maximum absolute atomic E-state index is 13.5. The first-order valence-corrected chi connectivity index (χ1v) is 13.3. The molecule has 39 heavy (non-hydrogen) atoms. The summed E-state index contributed by atoms with van der Waals surface area (Å²) in [6, 6.07) is 19.6. The van der Waals surface area contributed by atoms with Crippen molar-refractivity contribution in [1.29, 1.82) is 0 Å². The van der Waals surface area contributed by atoms with Crippen molar-refractivity contribution in [3.05, 3.63) is 84.6 Å². The lowest BCUT2D eigenvalue weighted by atomic mass is 10.1. The number of thioether (sulfide) groups is 1. The van der Waals surface area contributed by atoms with E-state index in [1.54, 1.807) is 36.5 Å². The third kappa shape index (κ3) is 9.24. The van der Waals surface area contributed by atoms with Crippen molar-refractivity contribution in [2.75, 3.05) is 17.2 Å². The predicted octanol–water partition coefficient (Wildman–Crippen LogP) is 2.78. The molecule has 0 saturated carbocycles. The average Bonchev–Trinajstić information content (AvgIpc) is 2.95. The molecule has 0 aliphatic heterocycles. The summed E-state index contributed by atoms with van der Waals surface area (Å²) in [4.78, 5) is 54.1. The molecule has 0 aliphatic rings. The highest BCUT2D eigenvalue weighted by molar-refractivity contribution is 7.98. The van der Waals surface area contributed by atoms with Crippen LogP contribution in [0.4, 0.5) is 5.69 Å². The van der Waals surface area contributed by atoms with Crippen molar-refractivity contribution >= 4 is 41.2 Å². The van der Waals surface area contributed by atoms with Gasteiger partial charge in [-0.05, 0) is 36.2 Å². The minimum Gasteiger partial charge on any atom is -0.480 e. The number of nitrogens with zero attached hydrogens (tertiary/aromatic N) is 2. The van der Waals surface area contributed by atoms with Gasteiger partial charge in [0.15, 0.2) is 0 Å². The molecular formula is C28H30N4O6S. The van der Waals surface area contributed by atoms with Crippen LogP contribution in [0.3, 0.4) is 0 Å². The molecule has 0 saturated heterocycles. The van der Waals surface area contributed by atoms with Gasteiger partial charge in [0.1, 0.15) is 18.6 Å². The first kappa shape index (κ1) is 29.3. The number of amides is 2. The normalized spacial score (nSPS) is 12.2. The molecule has 10 nitrogen and oxygen atoms in total. The van der Waals surface area contributed by atoms with Crippen LogP contribution in [-0.2, 0) is 24.9 Å². The molecule has 1 unspecified atom stereocenters. The summed E-state index contributed by atoms with van der Waals surface area (Å²) in [5.74, 6) is -2.86. The maximum Gasteiger partial charge on any atom is 0.323 e. The standard InChI is InChI=1S/C28H30N4O6S/c29-22(28(37)38)13-14-25(33)31-24(27(36)32(16-26(34)35)21-6-2-1-3-7-21)18-39-17-19-9-11-20(12-10-19)23-8-4-5-15-30-23/h1-12,15,22,24H,13-14,16-18,29H2,(H,31,33)(H,34,35)(H,37,38)/t22?,24-/m0/s1. The minimum absolute atomic E-state index is 0.102. The van der Waals surface area contributed by atoms with Gasteiger partial charge in [0.2, 0.25) is 5.91 Å². The van der Waals surface area contributed by atoms with Crippen LogP contribution in [0, 0.1) is 0 Å². The summed E-state index contributed by atoms with van der Waals surface area (Å²) < 4.78 is 0. The third-order valence-electron chi connectivity index (χ3n) is 5.73. The van der Waals surface area contributed by atoms with Crippen LogP contribution in [0.25, 0.3) is 11.3 Å². The van der Waals surface area contributed by atoms with E-state index < -0.39 is 42.4 Å². The lowest BCUT2D eigenvalue weighted by Gasteiger charge is -2.27. The third-order valence-corrected chi connectivity index (χ3v) is 6.83. The SMILES string of the molecule is NC(CCC(=O)N[C@@H](CSCc1ccc(-c2ccccn2)cc1)C(=O)N(CC(=O)O)c1ccccc1)C(=O)O. The number of rotatable bonds is 14. The lowest BCUT2D eigenvalue weighted by molar-refractivity contribution is -0.139. The smallest absolute Gasteiger partial charge is 0.323 e. The molecule has 0 radical (unpaired) electrons. The van der Waals surface area contributed by atoms with Crippen molar-refractivity contribution in [2.24, 2.45) is 5.73 Å². The number of nitrogens with one attached hydrogen (secondary N) is 1. The Balaban J connectivity index is 1.71. The fourth-order valence-corrected chi connectivity index (χ4v) is 4.69. The van der Waals surface area contributed by atoms with Gasteiger partial charge in [0.05, 0.1) is 5.69 Å². The number of nitrogens with two attached hydrogens (primary N) is 1. The molecule has 0 bridgehead atoms. The van der Waals surface area contributed by atoms with E-state index in [9.17, 15) is 24.3 Å². The summed E-state index contributed by atoms with van der Waals surface area (Å²) in [6.45, 7) is -0.585. The molecule has 1 heterocycles. The molecule has 2 amide bonds. The summed E-state index contributed by atoms with van der Waals surface area (Å²) in [6.07, 6.45) is 1.43. The fourth-order valence-electron chi connectivity index (χ4n) is 3.68. The van der Waals surface area contributed by atoms with Gasteiger partial charge in [-0.15, -0.1) is 0 Å². The Hall–Kier alpha value is -4.22. The molecule has 204 valence electrons. The predicted molar refractivity (Wildman–Crippen MR) is 149 cm³/mol. The Bertz CT molecular complexity index is 1260. The Kier molecular flexibility index (Phi) is 11.0. The van der Waals surface area contributed by atoms with Gasteiger partial charge in [-0.3, -0.25) is 29.1 Å². The van der Waals surface area contributed by atoms with E-state index in [1.165, 1.54) is 11.8 Å². The number of aromatic nitrogens is 1. The van der Waals surface area contributed by atoms with Crippen LogP contribution in [0.5, 0.6) is 0 Å². The zero-order chi connectivity index (χ0) is 28.2. The first-order valence-electron chi connectivity index (χ1n) is 12.2. The molecule has 1 aromatic heterocycles. The van der Waals surface area contributed by atoms with E-state index in [1.807, 2.05) is 42.5 Å². The number of anilines is 1. The van der Waals surface area contributed by atoms with Crippen LogP contribution in [0.1, 0.15) is 18.4 Å². The van der Waals surface area contributed by atoms with Gasteiger partial charge in [-0.25, -0.2) is 0 Å². The topological polar surface area (TPSA) is 163 Å². The number of para-hydroxylation sites is 1. The Morgan fingerprint density at radius 3 is 2.26 bits per heavy atom. The van der Waals surface area contributed by atoms with Crippen molar-refractivity contribution in [3.8, 4) is 11.3 Å². The Labute approximate surface area is 230 Å². The van der Waals surface area contributed by atoms with Crippen LogP contribution in [-0.4, -0.2) is 63.3 Å². The van der Waals surface area contributed by atoms with Crippen molar-refractivity contribution in [3.63, 3.8) is 0 Å². The molecule has 2 atom stereocenters. The van der Waals surface area contributed by atoms with Gasteiger partial charge >= 0.3 is 11.9 Å². The van der Waals surface area contributed by atoms with E-state index in [0.29, 0.717) is 11.4 Å². The Morgan fingerprint density at radius 1 is 0.949 bits per heavy atom. The van der Waals surface area contributed by atoms with E-state index in [0.717, 1.165) is 21.7 Å². The zero-order valence-electron chi connectivity index (χ0n) is 21.1. The number of carboxylic acid groups (broad SMARTS) is 2. The monoisotopic (exact) mass is 550 g/mol. The molecular weight excluding hydrogens is 520 g/mol. The van der Waals surface area contributed by atoms with Crippen molar-refractivity contribution in [2.45, 2.75) is 30.7 Å². The number of hydrogen-bond acceptors (Lipinski definition) is 7. The van der Waals surface area contributed by atoms with Gasteiger partial charge in [0.25, 0.3) is 5.91 Å². The number of benzene rings is 2. The molecule has 3 rings (SSSR count). The molecule has 2 aromatic carbocycles. The second-order valence-electron chi connectivity index (χ2n) is 8.68. The molecule has 3 aromatic rings. The maximum atomic E-state index is 13.5. The van der Waals surface area contributed by atoms with Crippen molar-refractivity contribution < 1.29 is 29.4 Å². The highest BCUT2D eigenvalue weighted by Crippen LogP contribution is 2.21. The van der Waals surface area contributed by atoms with Crippen LogP contribution >= 0.6 is 11.8 Å². The number of aliphatic carboxylic acids is 2. The Morgan fingerprint density at radius 2 is 1.64 bits per heavy atom. The molecule has 0 spiro atoms. The largest absolute Gasteiger partial charge is 0.480 e. The van der Waals surface area contributed by atoms with Crippen molar-refractivity contribution in [1.82, 2.24) is 10.3 Å². The second kappa shape index (κ2) is 14.6. The van der Waals surface area contributed by atoms with E-state index in [2.05, 4.69) is 10.3 Å². The van der Waals surface area contributed by atoms with Crippen LogP contribution < -0.4 is 16.0 Å².